The second kappa shape index (κ2) is 7.23. The normalized spacial score (nSPS) is 22.4. The van der Waals surface area contributed by atoms with Gasteiger partial charge in [-0.2, -0.15) is 5.10 Å². The summed E-state index contributed by atoms with van der Waals surface area (Å²) < 4.78 is 21.2. The van der Waals surface area contributed by atoms with Crippen molar-refractivity contribution in [3.05, 3.63) is 53.6 Å². The molecule has 0 saturated carbocycles. The quantitative estimate of drug-likeness (QED) is 0.886. The predicted octanol–water partition coefficient (Wildman–Crippen LogP) is 3.47. The van der Waals surface area contributed by atoms with Gasteiger partial charge in [-0.3, -0.25) is 4.68 Å². The lowest BCUT2D eigenvalue weighted by Crippen LogP contribution is -2.27. The fourth-order valence-corrected chi connectivity index (χ4v) is 3.13. The van der Waals surface area contributed by atoms with E-state index in [1.165, 1.54) is 6.07 Å². The minimum Gasteiger partial charge on any atom is -0.373 e. The number of ether oxygens (including phenoxy) is 1. The van der Waals surface area contributed by atoms with Gasteiger partial charge in [0.05, 0.1) is 12.3 Å². The van der Waals surface area contributed by atoms with Gasteiger partial charge < -0.3 is 10.1 Å². The van der Waals surface area contributed by atoms with Crippen LogP contribution in [0, 0.1) is 11.7 Å². The van der Waals surface area contributed by atoms with E-state index in [0.717, 1.165) is 37.2 Å². The highest BCUT2D eigenvalue weighted by atomic mass is 19.1. The summed E-state index contributed by atoms with van der Waals surface area (Å²) in [7, 11) is 0. The van der Waals surface area contributed by atoms with Gasteiger partial charge in [-0.1, -0.05) is 12.1 Å². The van der Waals surface area contributed by atoms with Crippen LogP contribution in [-0.4, -0.2) is 22.9 Å². The molecule has 1 saturated heterocycles. The van der Waals surface area contributed by atoms with Crippen molar-refractivity contribution in [1.29, 1.82) is 0 Å². The molecule has 23 heavy (non-hydrogen) atoms. The molecule has 0 unspecified atom stereocenters. The van der Waals surface area contributed by atoms with Crippen molar-refractivity contribution in [3.8, 4) is 0 Å². The number of aromatic nitrogens is 2. The van der Waals surface area contributed by atoms with Gasteiger partial charge in [0.25, 0.3) is 0 Å². The third-order valence-corrected chi connectivity index (χ3v) is 4.55. The second-order valence-corrected chi connectivity index (χ2v) is 6.15. The Labute approximate surface area is 136 Å². The summed E-state index contributed by atoms with van der Waals surface area (Å²) >= 11 is 0. The maximum atomic E-state index is 13.3. The molecule has 0 amide bonds. The van der Waals surface area contributed by atoms with Crippen LogP contribution >= 0.6 is 0 Å². The molecule has 0 aliphatic carbocycles. The zero-order chi connectivity index (χ0) is 16.2. The minimum atomic E-state index is -0.190. The number of rotatable bonds is 6. The number of nitrogens with zero attached hydrogens (tertiary/aromatic N) is 2. The Morgan fingerprint density at radius 1 is 1.48 bits per heavy atom. The molecule has 0 bridgehead atoms. The van der Waals surface area contributed by atoms with Crippen molar-refractivity contribution < 1.29 is 9.13 Å². The number of halogens is 1. The lowest BCUT2D eigenvalue weighted by molar-refractivity contribution is 0.0898. The van der Waals surface area contributed by atoms with Gasteiger partial charge in [0.15, 0.2) is 0 Å². The topological polar surface area (TPSA) is 39.1 Å². The molecule has 5 heteroatoms. The lowest BCUT2D eigenvalue weighted by Gasteiger charge is -2.21. The first-order valence-electron chi connectivity index (χ1n) is 8.30. The Morgan fingerprint density at radius 2 is 2.35 bits per heavy atom. The van der Waals surface area contributed by atoms with Crippen molar-refractivity contribution in [2.45, 2.75) is 39.0 Å². The van der Waals surface area contributed by atoms with E-state index in [2.05, 4.69) is 30.5 Å². The molecular weight excluding hydrogens is 293 g/mol. The number of aryl methyl sites for hydroxylation is 1. The van der Waals surface area contributed by atoms with Crippen LogP contribution in [-0.2, 0) is 11.3 Å². The molecule has 3 atom stereocenters. The average Bonchev–Trinajstić information content (AvgIpc) is 3.21. The largest absolute Gasteiger partial charge is 0.373 e. The maximum absolute atomic E-state index is 13.3. The van der Waals surface area contributed by atoms with E-state index >= 15 is 0 Å². The molecule has 0 radical (unpaired) electrons. The molecule has 1 aromatic heterocycles. The lowest BCUT2D eigenvalue weighted by atomic mass is 9.96. The van der Waals surface area contributed by atoms with E-state index < -0.39 is 0 Å². The van der Waals surface area contributed by atoms with Gasteiger partial charge in [0, 0.05) is 43.4 Å². The molecule has 1 aliphatic heterocycles. The first kappa shape index (κ1) is 16.1. The van der Waals surface area contributed by atoms with Crippen LogP contribution in [0.5, 0.6) is 0 Å². The summed E-state index contributed by atoms with van der Waals surface area (Å²) in [6.45, 7) is 6.63. The fraction of sp³-hybridized carbons (Fsp3) is 0.500. The Bertz CT molecular complexity index is 643. The van der Waals surface area contributed by atoms with E-state index in [-0.39, 0.29) is 18.0 Å². The van der Waals surface area contributed by atoms with Gasteiger partial charge >= 0.3 is 0 Å². The van der Waals surface area contributed by atoms with Gasteiger partial charge in [0.1, 0.15) is 5.82 Å². The van der Waals surface area contributed by atoms with Crippen molar-refractivity contribution in [1.82, 2.24) is 15.1 Å². The van der Waals surface area contributed by atoms with Gasteiger partial charge in [-0.25, -0.2) is 4.39 Å². The molecular formula is C18H24FN3O. The number of hydrogen-bond acceptors (Lipinski definition) is 3. The van der Waals surface area contributed by atoms with Crippen LogP contribution in [0.4, 0.5) is 4.39 Å². The smallest absolute Gasteiger partial charge is 0.123 e. The standard InChI is InChI=1S/C18H24FN3O/c1-3-22-12-16(11-21-22)18-15(7-8-23-18)10-20-13(2)14-5-4-6-17(19)9-14/h4-6,9,11-13,15,18,20H,3,7-8,10H2,1-2H3/t13-,15-,18+/m0/s1. The highest BCUT2D eigenvalue weighted by Crippen LogP contribution is 2.34. The van der Waals surface area contributed by atoms with Gasteiger partial charge in [0.2, 0.25) is 0 Å². The molecule has 1 aromatic carbocycles. The number of hydrogen-bond donors (Lipinski definition) is 1. The molecule has 1 aliphatic rings. The Balaban J connectivity index is 1.60. The van der Waals surface area contributed by atoms with Crippen LogP contribution in [0.15, 0.2) is 36.7 Å². The maximum Gasteiger partial charge on any atom is 0.123 e. The molecule has 124 valence electrons. The second-order valence-electron chi connectivity index (χ2n) is 6.15. The molecule has 1 N–H and O–H groups in total. The molecule has 3 rings (SSSR count). The SMILES string of the molecule is CCn1cc([C@@H]2OCC[C@H]2CN[C@@H](C)c2cccc(F)c2)cn1. The van der Waals surface area contributed by atoms with E-state index in [0.29, 0.717) is 5.92 Å². The van der Waals surface area contributed by atoms with Gasteiger partial charge in [-0.15, -0.1) is 0 Å². The van der Waals surface area contributed by atoms with E-state index in [9.17, 15) is 4.39 Å². The van der Waals surface area contributed by atoms with Crippen LogP contribution in [0.1, 0.15) is 43.5 Å². The monoisotopic (exact) mass is 317 g/mol. The van der Waals surface area contributed by atoms with Crippen molar-refractivity contribution in [2.75, 3.05) is 13.2 Å². The summed E-state index contributed by atoms with van der Waals surface area (Å²) in [5.74, 6) is 0.228. The first-order valence-corrected chi connectivity index (χ1v) is 8.30. The fourth-order valence-electron chi connectivity index (χ4n) is 3.13. The zero-order valence-electron chi connectivity index (χ0n) is 13.7. The van der Waals surface area contributed by atoms with E-state index in [4.69, 9.17) is 4.74 Å². The summed E-state index contributed by atoms with van der Waals surface area (Å²) in [6, 6.07) is 6.89. The summed E-state index contributed by atoms with van der Waals surface area (Å²) in [5.41, 5.74) is 2.12. The molecule has 0 spiro atoms. The minimum absolute atomic E-state index is 0.0995. The Hall–Kier alpha value is -1.72. The highest BCUT2D eigenvalue weighted by Gasteiger charge is 2.30. The molecule has 2 aromatic rings. The van der Waals surface area contributed by atoms with Crippen LogP contribution < -0.4 is 5.32 Å². The van der Waals surface area contributed by atoms with Crippen molar-refractivity contribution in [3.63, 3.8) is 0 Å². The third kappa shape index (κ3) is 3.79. The van der Waals surface area contributed by atoms with Crippen molar-refractivity contribution >= 4 is 0 Å². The first-order chi connectivity index (χ1) is 11.2. The highest BCUT2D eigenvalue weighted by molar-refractivity contribution is 5.19. The Kier molecular flexibility index (Phi) is 5.08. The zero-order valence-corrected chi connectivity index (χ0v) is 13.7. The van der Waals surface area contributed by atoms with E-state index in [1.54, 1.807) is 12.1 Å². The third-order valence-electron chi connectivity index (χ3n) is 4.55. The van der Waals surface area contributed by atoms with Crippen molar-refractivity contribution in [2.24, 2.45) is 5.92 Å². The van der Waals surface area contributed by atoms with E-state index in [1.807, 2.05) is 16.9 Å². The van der Waals surface area contributed by atoms with Gasteiger partial charge in [-0.05, 0) is 38.0 Å². The Morgan fingerprint density at radius 3 is 3.09 bits per heavy atom. The summed E-state index contributed by atoms with van der Waals surface area (Å²) in [5, 5.41) is 7.86. The molecule has 2 heterocycles. The number of nitrogens with one attached hydrogen (secondary N) is 1. The summed E-state index contributed by atoms with van der Waals surface area (Å²) in [4.78, 5) is 0. The van der Waals surface area contributed by atoms with Crippen LogP contribution in [0.25, 0.3) is 0 Å². The summed E-state index contributed by atoms with van der Waals surface area (Å²) in [6.07, 6.45) is 5.11. The molecule has 1 fully saturated rings. The van der Waals surface area contributed by atoms with Crippen LogP contribution in [0.3, 0.4) is 0 Å². The molecule has 4 nitrogen and oxygen atoms in total. The number of benzene rings is 1. The predicted molar refractivity (Wildman–Crippen MR) is 87.5 cm³/mol. The van der Waals surface area contributed by atoms with Crippen LogP contribution in [0.2, 0.25) is 0 Å². The average molecular weight is 317 g/mol.